The highest BCUT2D eigenvalue weighted by Crippen LogP contribution is 2.12. The van der Waals surface area contributed by atoms with Crippen LogP contribution in [0, 0.1) is 0 Å². The molecule has 3 nitrogen and oxygen atoms in total. The molecular formula is C22H30N2O. The summed E-state index contributed by atoms with van der Waals surface area (Å²) in [7, 11) is 0. The highest BCUT2D eigenvalue weighted by molar-refractivity contribution is 5.73. The van der Waals surface area contributed by atoms with Gasteiger partial charge in [-0.3, -0.25) is 9.69 Å². The van der Waals surface area contributed by atoms with Gasteiger partial charge in [0, 0.05) is 32.6 Å². The van der Waals surface area contributed by atoms with E-state index in [-0.39, 0.29) is 11.9 Å². The van der Waals surface area contributed by atoms with Gasteiger partial charge in [-0.25, -0.2) is 0 Å². The monoisotopic (exact) mass is 338 g/mol. The summed E-state index contributed by atoms with van der Waals surface area (Å²) in [6.45, 7) is 6.44. The fourth-order valence-electron chi connectivity index (χ4n) is 3.13. The van der Waals surface area contributed by atoms with Crippen molar-refractivity contribution in [3.05, 3.63) is 71.8 Å². The van der Waals surface area contributed by atoms with Gasteiger partial charge in [0.2, 0.25) is 5.91 Å². The van der Waals surface area contributed by atoms with Crippen LogP contribution in [0.3, 0.4) is 0 Å². The average Bonchev–Trinajstić information content (AvgIpc) is 2.61. The predicted molar refractivity (Wildman–Crippen MR) is 104 cm³/mol. The molecule has 1 atom stereocenters. The standard InChI is InChI=1S/C22H30N2O/c1-3-4-15-22(23-19(2)25)18-24(16-20-11-7-5-8-12-20)17-21-13-9-6-10-14-21/h5-14,22H,3-4,15-18H2,1-2H3,(H,23,25)/t22-/m1/s1. The molecule has 2 rings (SSSR count). The van der Waals surface area contributed by atoms with Crippen LogP contribution in [-0.4, -0.2) is 23.4 Å². The Labute approximate surface area is 152 Å². The van der Waals surface area contributed by atoms with E-state index < -0.39 is 0 Å². The summed E-state index contributed by atoms with van der Waals surface area (Å²) in [4.78, 5) is 14.0. The van der Waals surface area contributed by atoms with Crippen molar-refractivity contribution in [3.63, 3.8) is 0 Å². The van der Waals surface area contributed by atoms with Gasteiger partial charge < -0.3 is 5.32 Å². The molecule has 0 spiro atoms. The Morgan fingerprint density at radius 2 is 1.48 bits per heavy atom. The van der Waals surface area contributed by atoms with Crippen LogP contribution in [0.25, 0.3) is 0 Å². The molecule has 1 N–H and O–H groups in total. The fourth-order valence-corrected chi connectivity index (χ4v) is 3.13. The predicted octanol–water partition coefficient (Wildman–Crippen LogP) is 4.38. The zero-order valence-electron chi connectivity index (χ0n) is 15.4. The molecule has 1 amide bonds. The van der Waals surface area contributed by atoms with E-state index in [4.69, 9.17) is 0 Å². The first-order valence-electron chi connectivity index (χ1n) is 9.24. The number of unbranched alkanes of at least 4 members (excludes halogenated alkanes) is 1. The van der Waals surface area contributed by atoms with Crippen LogP contribution in [0.5, 0.6) is 0 Å². The second kappa shape index (κ2) is 10.7. The zero-order chi connectivity index (χ0) is 17.9. The first-order valence-corrected chi connectivity index (χ1v) is 9.24. The highest BCUT2D eigenvalue weighted by atomic mass is 16.1. The van der Waals surface area contributed by atoms with Crippen LogP contribution >= 0.6 is 0 Å². The van der Waals surface area contributed by atoms with Gasteiger partial charge in [0.05, 0.1) is 0 Å². The van der Waals surface area contributed by atoms with Gasteiger partial charge in [0.1, 0.15) is 0 Å². The summed E-state index contributed by atoms with van der Waals surface area (Å²) in [5.41, 5.74) is 2.60. The Kier molecular flexibility index (Phi) is 8.20. The van der Waals surface area contributed by atoms with Crippen molar-refractivity contribution >= 4 is 5.91 Å². The van der Waals surface area contributed by atoms with Crippen molar-refractivity contribution < 1.29 is 4.79 Å². The largest absolute Gasteiger partial charge is 0.352 e. The second-order valence-corrected chi connectivity index (χ2v) is 6.68. The Bertz CT molecular complexity index is 571. The summed E-state index contributed by atoms with van der Waals surface area (Å²) < 4.78 is 0. The lowest BCUT2D eigenvalue weighted by molar-refractivity contribution is -0.119. The minimum absolute atomic E-state index is 0.0560. The van der Waals surface area contributed by atoms with E-state index >= 15 is 0 Å². The lowest BCUT2D eigenvalue weighted by atomic mass is 10.1. The van der Waals surface area contributed by atoms with Gasteiger partial charge in [-0.15, -0.1) is 0 Å². The number of amides is 1. The summed E-state index contributed by atoms with van der Waals surface area (Å²) in [6.07, 6.45) is 3.30. The SMILES string of the molecule is CCCC[C@H](CN(Cc1ccccc1)Cc1ccccc1)NC(C)=O. The van der Waals surface area contributed by atoms with Gasteiger partial charge in [-0.2, -0.15) is 0 Å². The molecule has 0 aliphatic carbocycles. The lowest BCUT2D eigenvalue weighted by Crippen LogP contribution is -2.42. The van der Waals surface area contributed by atoms with Crippen molar-refractivity contribution in [3.8, 4) is 0 Å². The van der Waals surface area contributed by atoms with Crippen molar-refractivity contribution in [2.75, 3.05) is 6.54 Å². The van der Waals surface area contributed by atoms with E-state index in [1.165, 1.54) is 11.1 Å². The quantitative estimate of drug-likeness (QED) is 0.697. The topological polar surface area (TPSA) is 32.3 Å². The van der Waals surface area contributed by atoms with Crippen LogP contribution in [-0.2, 0) is 17.9 Å². The van der Waals surface area contributed by atoms with Crippen LogP contribution in [0.1, 0.15) is 44.2 Å². The molecule has 25 heavy (non-hydrogen) atoms. The van der Waals surface area contributed by atoms with Gasteiger partial charge in [0.25, 0.3) is 0 Å². The molecular weight excluding hydrogens is 308 g/mol. The molecule has 0 saturated heterocycles. The molecule has 0 heterocycles. The Balaban J connectivity index is 2.09. The number of benzene rings is 2. The Hall–Kier alpha value is -2.13. The molecule has 134 valence electrons. The minimum Gasteiger partial charge on any atom is -0.352 e. The average molecular weight is 338 g/mol. The number of rotatable bonds is 10. The minimum atomic E-state index is 0.0560. The van der Waals surface area contributed by atoms with Crippen molar-refractivity contribution in [1.82, 2.24) is 10.2 Å². The molecule has 3 heteroatoms. The van der Waals surface area contributed by atoms with Crippen LogP contribution < -0.4 is 5.32 Å². The maximum atomic E-state index is 11.6. The molecule has 0 fully saturated rings. The molecule has 0 unspecified atom stereocenters. The van der Waals surface area contributed by atoms with Gasteiger partial charge in [-0.05, 0) is 17.5 Å². The molecule has 2 aromatic rings. The first kappa shape index (κ1) is 19.2. The van der Waals surface area contributed by atoms with E-state index in [0.717, 1.165) is 38.9 Å². The number of carbonyl (C=O) groups excluding carboxylic acids is 1. The van der Waals surface area contributed by atoms with Gasteiger partial charge in [0.15, 0.2) is 0 Å². The summed E-state index contributed by atoms with van der Waals surface area (Å²) >= 11 is 0. The maximum absolute atomic E-state index is 11.6. The van der Waals surface area contributed by atoms with Crippen molar-refractivity contribution in [2.24, 2.45) is 0 Å². The van der Waals surface area contributed by atoms with E-state index in [1.807, 2.05) is 12.1 Å². The number of hydrogen-bond acceptors (Lipinski definition) is 2. The maximum Gasteiger partial charge on any atom is 0.217 e. The Morgan fingerprint density at radius 3 is 1.92 bits per heavy atom. The number of carbonyl (C=O) groups is 1. The van der Waals surface area contributed by atoms with Crippen molar-refractivity contribution in [1.29, 1.82) is 0 Å². The fraction of sp³-hybridized carbons (Fsp3) is 0.409. The van der Waals surface area contributed by atoms with Gasteiger partial charge in [-0.1, -0.05) is 80.4 Å². The third-order valence-electron chi connectivity index (χ3n) is 4.29. The normalized spacial score (nSPS) is 12.1. The number of nitrogens with zero attached hydrogens (tertiary/aromatic N) is 1. The number of hydrogen-bond donors (Lipinski definition) is 1. The zero-order valence-corrected chi connectivity index (χ0v) is 15.4. The first-order chi connectivity index (χ1) is 12.2. The highest BCUT2D eigenvalue weighted by Gasteiger charge is 2.16. The molecule has 0 radical (unpaired) electrons. The smallest absolute Gasteiger partial charge is 0.217 e. The molecule has 0 aliphatic heterocycles. The van der Waals surface area contributed by atoms with Crippen LogP contribution in [0.15, 0.2) is 60.7 Å². The summed E-state index contributed by atoms with van der Waals surface area (Å²) in [6, 6.07) is 21.3. The molecule has 2 aromatic carbocycles. The number of nitrogens with one attached hydrogen (secondary N) is 1. The molecule has 0 bridgehead atoms. The third-order valence-corrected chi connectivity index (χ3v) is 4.29. The summed E-state index contributed by atoms with van der Waals surface area (Å²) in [5.74, 6) is 0.0560. The second-order valence-electron chi connectivity index (χ2n) is 6.68. The van der Waals surface area contributed by atoms with E-state index in [9.17, 15) is 4.79 Å². The van der Waals surface area contributed by atoms with Crippen LogP contribution in [0.4, 0.5) is 0 Å². The molecule has 0 aliphatic rings. The van der Waals surface area contributed by atoms with Crippen LogP contribution in [0.2, 0.25) is 0 Å². The molecule has 0 saturated carbocycles. The van der Waals surface area contributed by atoms with E-state index in [2.05, 4.69) is 65.7 Å². The van der Waals surface area contributed by atoms with Crippen molar-refractivity contribution in [2.45, 2.75) is 52.2 Å². The van der Waals surface area contributed by atoms with E-state index in [0.29, 0.717) is 0 Å². The summed E-state index contributed by atoms with van der Waals surface area (Å²) in [5, 5.41) is 3.14. The Morgan fingerprint density at radius 1 is 0.960 bits per heavy atom. The lowest BCUT2D eigenvalue weighted by Gasteiger charge is -2.28. The van der Waals surface area contributed by atoms with E-state index in [1.54, 1.807) is 6.92 Å². The van der Waals surface area contributed by atoms with Gasteiger partial charge >= 0.3 is 0 Å². The third kappa shape index (κ3) is 7.53. The molecule has 0 aromatic heterocycles.